The number of pyridine rings is 2. The molecule has 5 heteroatoms. The number of hydrogen-bond acceptors (Lipinski definition) is 5. The molecule has 0 aliphatic rings. The van der Waals surface area contributed by atoms with Gasteiger partial charge in [0.2, 0.25) is 5.88 Å². The van der Waals surface area contributed by atoms with Gasteiger partial charge in [-0.25, -0.2) is 4.98 Å². The van der Waals surface area contributed by atoms with Gasteiger partial charge < -0.3 is 14.8 Å². The highest BCUT2D eigenvalue weighted by molar-refractivity contribution is 5.34. The van der Waals surface area contributed by atoms with E-state index in [1.807, 2.05) is 31.2 Å². The van der Waals surface area contributed by atoms with Gasteiger partial charge in [0.25, 0.3) is 0 Å². The van der Waals surface area contributed by atoms with Crippen LogP contribution >= 0.6 is 0 Å². The zero-order chi connectivity index (χ0) is 14.2. The van der Waals surface area contributed by atoms with E-state index in [1.54, 1.807) is 19.5 Å². The fraction of sp³-hybridized carbons (Fsp3) is 0.333. The quantitative estimate of drug-likeness (QED) is 0.785. The van der Waals surface area contributed by atoms with Gasteiger partial charge in [0, 0.05) is 38.2 Å². The predicted molar refractivity (Wildman–Crippen MR) is 76.9 cm³/mol. The molecule has 1 N–H and O–H groups in total. The van der Waals surface area contributed by atoms with E-state index in [0.717, 1.165) is 23.6 Å². The smallest absolute Gasteiger partial charge is 0.223 e. The maximum absolute atomic E-state index is 5.85. The highest BCUT2D eigenvalue weighted by atomic mass is 16.5. The summed E-state index contributed by atoms with van der Waals surface area (Å²) >= 11 is 0. The Kier molecular flexibility index (Phi) is 5.46. The number of ether oxygens (including phenoxy) is 2. The van der Waals surface area contributed by atoms with Crippen molar-refractivity contribution in [3.8, 4) is 11.6 Å². The molecule has 106 valence electrons. The Morgan fingerprint density at radius 3 is 2.75 bits per heavy atom. The van der Waals surface area contributed by atoms with Gasteiger partial charge >= 0.3 is 0 Å². The van der Waals surface area contributed by atoms with Crippen molar-refractivity contribution < 1.29 is 9.47 Å². The van der Waals surface area contributed by atoms with E-state index in [0.29, 0.717) is 19.0 Å². The molecule has 0 saturated carbocycles. The van der Waals surface area contributed by atoms with E-state index in [1.165, 1.54) is 0 Å². The molecule has 0 atom stereocenters. The van der Waals surface area contributed by atoms with E-state index < -0.39 is 0 Å². The summed E-state index contributed by atoms with van der Waals surface area (Å²) in [6.45, 7) is 4.07. The lowest BCUT2D eigenvalue weighted by molar-refractivity contribution is 0.199. The van der Waals surface area contributed by atoms with E-state index >= 15 is 0 Å². The molecule has 0 aliphatic heterocycles. The van der Waals surface area contributed by atoms with Crippen molar-refractivity contribution in [3.63, 3.8) is 0 Å². The van der Waals surface area contributed by atoms with Gasteiger partial charge in [-0.2, -0.15) is 0 Å². The molecule has 2 aromatic rings. The minimum atomic E-state index is 0.605. The number of methoxy groups -OCH3 is 1. The molecule has 5 nitrogen and oxygen atoms in total. The molecule has 20 heavy (non-hydrogen) atoms. The average molecular weight is 273 g/mol. The van der Waals surface area contributed by atoms with Crippen molar-refractivity contribution >= 4 is 0 Å². The summed E-state index contributed by atoms with van der Waals surface area (Å²) in [7, 11) is 1.69. The van der Waals surface area contributed by atoms with Crippen LogP contribution in [-0.2, 0) is 11.3 Å². The molecular weight excluding hydrogens is 254 g/mol. The van der Waals surface area contributed by atoms with Gasteiger partial charge in [-0.15, -0.1) is 0 Å². The molecule has 0 aromatic carbocycles. The first kappa shape index (κ1) is 14.4. The lowest BCUT2D eigenvalue weighted by Gasteiger charge is -2.11. The Bertz CT molecular complexity index is 546. The van der Waals surface area contributed by atoms with E-state index in [9.17, 15) is 0 Å². The van der Waals surface area contributed by atoms with Crippen LogP contribution in [0.1, 0.15) is 11.3 Å². The zero-order valence-electron chi connectivity index (χ0n) is 11.8. The largest absolute Gasteiger partial charge is 0.437 e. The molecule has 0 amide bonds. The highest BCUT2D eigenvalue weighted by Crippen LogP contribution is 2.24. The fourth-order valence-corrected chi connectivity index (χ4v) is 1.73. The van der Waals surface area contributed by atoms with E-state index in [2.05, 4.69) is 15.3 Å². The Hall–Kier alpha value is -1.98. The molecule has 2 aromatic heterocycles. The topological polar surface area (TPSA) is 56.3 Å². The zero-order valence-corrected chi connectivity index (χ0v) is 11.8. The summed E-state index contributed by atoms with van der Waals surface area (Å²) in [5.74, 6) is 1.33. The number of aryl methyl sites for hydroxylation is 1. The maximum atomic E-state index is 5.85. The Morgan fingerprint density at radius 1 is 1.15 bits per heavy atom. The standard InChI is InChI=1S/C15H19N3O2/c1-12-14(6-4-7-17-12)20-15-13(5-3-8-18-15)11-16-9-10-19-2/h3-8,16H,9-11H2,1-2H3. The molecule has 0 unspecified atom stereocenters. The maximum Gasteiger partial charge on any atom is 0.223 e. The van der Waals surface area contributed by atoms with Crippen LogP contribution in [0.5, 0.6) is 11.6 Å². The number of nitrogens with zero attached hydrogens (tertiary/aromatic N) is 2. The van der Waals surface area contributed by atoms with Crippen LogP contribution < -0.4 is 10.1 Å². The first-order chi connectivity index (χ1) is 9.81. The monoisotopic (exact) mass is 273 g/mol. The second-order valence-electron chi connectivity index (χ2n) is 4.33. The molecule has 2 heterocycles. The SMILES string of the molecule is COCCNCc1cccnc1Oc1cccnc1C. The molecule has 0 radical (unpaired) electrons. The molecule has 0 saturated heterocycles. The van der Waals surface area contributed by atoms with Gasteiger partial charge in [0.15, 0.2) is 5.75 Å². The van der Waals surface area contributed by atoms with Crippen molar-refractivity contribution in [1.82, 2.24) is 15.3 Å². The minimum absolute atomic E-state index is 0.605. The van der Waals surface area contributed by atoms with E-state index in [-0.39, 0.29) is 0 Å². The third-order valence-corrected chi connectivity index (χ3v) is 2.81. The van der Waals surface area contributed by atoms with Crippen LogP contribution in [0.3, 0.4) is 0 Å². The molecule has 2 rings (SSSR count). The van der Waals surface area contributed by atoms with Crippen LogP contribution in [0.2, 0.25) is 0 Å². The fourth-order valence-electron chi connectivity index (χ4n) is 1.73. The first-order valence-corrected chi connectivity index (χ1v) is 6.54. The summed E-state index contributed by atoms with van der Waals surface area (Å²) in [6, 6.07) is 7.63. The summed E-state index contributed by atoms with van der Waals surface area (Å²) in [4.78, 5) is 8.50. The molecule has 0 bridgehead atoms. The molecule has 0 spiro atoms. The lowest BCUT2D eigenvalue weighted by atomic mass is 10.2. The third kappa shape index (κ3) is 4.01. The van der Waals surface area contributed by atoms with Crippen molar-refractivity contribution in [3.05, 3.63) is 47.9 Å². The number of rotatable bonds is 7. The Morgan fingerprint density at radius 2 is 1.95 bits per heavy atom. The normalized spacial score (nSPS) is 10.5. The Labute approximate surface area is 119 Å². The van der Waals surface area contributed by atoms with Crippen LogP contribution in [0.25, 0.3) is 0 Å². The van der Waals surface area contributed by atoms with Gasteiger partial charge in [-0.05, 0) is 25.1 Å². The summed E-state index contributed by atoms with van der Waals surface area (Å²) in [6.07, 6.45) is 3.47. The number of aromatic nitrogens is 2. The van der Waals surface area contributed by atoms with Crippen molar-refractivity contribution in [2.45, 2.75) is 13.5 Å². The average Bonchev–Trinajstić information content (AvgIpc) is 2.47. The van der Waals surface area contributed by atoms with Crippen LogP contribution in [0, 0.1) is 6.92 Å². The van der Waals surface area contributed by atoms with Crippen LogP contribution in [-0.4, -0.2) is 30.2 Å². The third-order valence-electron chi connectivity index (χ3n) is 2.81. The molecule has 0 fully saturated rings. The van der Waals surface area contributed by atoms with E-state index in [4.69, 9.17) is 9.47 Å². The second-order valence-corrected chi connectivity index (χ2v) is 4.33. The minimum Gasteiger partial charge on any atom is -0.437 e. The van der Waals surface area contributed by atoms with Crippen molar-refractivity contribution in [2.24, 2.45) is 0 Å². The van der Waals surface area contributed by atoms with Gasteiger partial charge in [-0.1, -0.05) is 6.07 Å². The molecule has 0 aliphatic carbocycles. The lowest BCUT2D eigenvalue weighted by Crippen LogP contribution is -2.19. The summed E-state index contributed by atoms with van der Waals surface area (Å²) in [5.41, 5.74) is 1.85. The highest BCUT2D eigenvalue weighted by Gasteiger charge is 2.07. The van der Waals surface area contributed by atoms with Gasteiger partial charge in [0.1, 0.15) is 0 Å². The summed E-state index contributed by atoms with van der Waals surface area (Å²) in [5, 5.41) is 3.28. The molecular formula is C15H19N3O2. The van der Waals surface area contributed by atoms with Crippen LogP contribution in [0.4, 0.5) is 0 Å². The number of nitrogens with one attached hydrogen (secondary N) is 1. The van der Waals surface area contributed by atoms with Gasteiger partial charge in [-0.3, -0.25) is 4.98 Å². The van der Waals surface area contributed by atoms with Crippen molar-refractivity contribution in [1.29, 1.82) is 0 Å². The van der Waals surface area contributed by atoms with Crippen molar-refractivity contribution in [2.75, 3.05) is 20.3 Å². The second kappa shape index (κ2) is 7.57. The first-order valence-electron chi connectivity index (χ1n) is 6.54. The summed E-state index contributed by atoms with van der Waals surface area (Å²) < 4.78 is 10.9. The number of hydrogen-bond donors (Lipinski definition) is 1. The Balaban J connectivity index is 2.06. The predicted octanol–water partition coefficient (Wildman–Crippen LogP) is 2.31. The van der Waals surface area contributed by atoms with Crippen LogP contribution in [0.15, 0.2) is 36.7 Å². The van der Waals surface area contributed by atoms with Gasteiger partial charge in [0.05, 0.1) is 12.3 Å².